The number of nitrogen functional groups attached to an aromatic ring is 1. The fourth-order valence-corrected chi connectivity index (χ4v) is 1.44. The molecule has 0 saturated carbocycles. The molecular weight excluding hydrogens is 192 g/mol. The Balaban J connectivity index is 2.48. The number of anilines is 1. The average molecular weight is 204 g/mol. The van der Waals surface area contributed by atoms with Gasteiger partial charge in [-0.05, 0) is 30.7 Å². The standard InChI is InChI=1S/C11H12N2O2/c1-7-3-8(5-9(4-7)14-2)10-6-11(12)15-13-10/h3-6H,12H2,1-2H3. The Hall–Kier alpha value is -1.97. The summed E-state index contributed by atoms with van der Waals surface area (Å²) in [5.41, 5.74) is 8.22. The van der Waals surface area contributed by atoms with Crippen LogP contribution in [0.15, 0.2) is 28.8 Å². The molecule has 0 spiro atoms. The van der Waals surface area contributed by atoms with Gasteiger partial charge < -0.3 is 15.0 Å². The van der Waals surface area contributed by atoms with Gasteiger partial charge in [-0.2, -0.15) is 0 Å². The monoisotopic (exact) mass is 204 g/mol. The number of hydrogen-bond acceptors (Lipinski definition) is 4. The first-order valence-electron chi connectivity index (χ1n) is 4.57. The Labute approximate surface area is 87.6 Å². The lowest BCUT2D eigenvalue weighted by molar-refractivity contribution is 0.414. The molecule has 4 nitrogen and oxygen atoms in total. The van der Waals surface area contributed by atoms with Gasteiger partial charge in [0.15, 0.2) is 0 Å². The molecule has 78 valence electrons. The zero-order chi connectivity index (χ0) is 10.8. The predicted octanol–water partition coefficient (Wildman–Crippen LogP) is 2.24. The number of ether oxygens (including phenoxy) is 1. The lowest BCUT2D eigenvalue weighted by Crippen LogP contribution is -1.86. The Morgan fingerprint density at radius 1 is 1.27 bits per heavy atom. The third kappa shape index (κ3) is 1.93. The maximum atomic E-state index is 5.46. The third-order valence-electron chi connectivity index (χ3n) is 2.11. The van der Waals surface area contributed by atoms with Crippen LogP contribution < -0.4 is 10.5 Å². The van der Waals surface area contributed by atoms with Crippen molar-refractivity contribution in [2.24, 2.45) is 0 Å². The topological polar surface area (TPSA) is 61.3 Å². The fraction of sp³-hybridized carbons (Fsp3) is 0.182. The second-order valence-corrected chi connectivity index (χ2v) is 3.35. The van der Waals surface area contributed by atoms with Crippen molar-refractivity contribution >= 4 is 5.88 Å². The number of hydrogen-bond donors (Lipinski definition) is 1. The van der Waals surface area contributed by atoms with Crippen molar-refractivity contribution in [1.29, 1.82) is 0 Å². The first-order valence-corrected chi connectivity index (χ1v) is 4.57. The molecule has 1 aromatic carbocycles. The molecule has 0 aliphatic carbocycles. The highest BCUT2D eigenvalue weighted by atomic mass is 16.5. The SMILES string of the molecule is COc1cc(C)cc(-c2cc(N)on2)c1. The van der Waals surface area contributed by atoms with E-state index in [1.165, 1.54) is 0 Å². The largest absolute Gasteiger partial charge is 0.497 e. The molecule has 0 aliphatic heterocycles. The number of methoxy groups -OCH3 is 1. The van der Waals surface area contributed by atoms with E-state index in [-0.39, 0.29) is 0 Å². The molecule has 0 saturated heterocycles. The van der Waals surface area contributed by atoms with Crippen molar-refractivity contribution in [2.45, 2.75) is 6.92 Å². The molecule has 0 aliphatic rings. The molecule has 0 fully saturated rings. The van der Waals surface area contributed by atoms with E-state index in [9.17, 15) is 0 Å². The summed E-state index contributed by atoms with van der Waals surface area (Å²) >= 11 is 0. The molecule has 4 heteroatoms. The molecular formula is C11H12N2O2. The first-order chi connectivity index (χ1) is 7.19. The molecule has 0 amide bonds. The van der Waals surface area contributed by atoms with Crippen LogP contribution in [0.2, 0.25) is 0 Å². The summed E-state index contributed by atoms with van der Waals surface area (Å²) in [6.45, 7) is 2.00. The van der Waals surface area contributed by atoms with Gasteiger partial charge in [0, 0.05) is 11.6 Å². The van der Waals surface area contributed by atoms with Crippen molar-refractivity contribution in [3.8, 4) is 17.0 Å². The van der Waals surface area contributed by atoms with Crippen LogP contribution in [0.25, 0.3) is 11.3 Å². The number of aryl methyl sites for hydroxylation is 1. The zero-order valence-electron chi connectivity index (χ0n) is 8.65. The van der Waals surface area contributed by atoms with Crippen molar-refractivity contribution in [1.82, 2.24) is 5.16 Å². The number of nitrogens with two attached hydrogens (primary N) is 1. The average Bonchev–Trinajstić information content (AvgIpc) is 2.64. The molecule has 0 radical (unpaired) electrons. The van der Waals surface area contributed by atoms with Gasteiger partial charge in [0.2, 0.25) is 5.88 Å². The highest BCUT2D eigenvalue weighted by Gasteiger charge is 2.06. The molecule has 0 atom stereocenters. The van der Waals surface area contributed by atoms with E-state index in [2.05, 4.69) is 5.16 Å². The molecule has 0 unspecified atom stereocenters. The summed E-state index contributed by atoms with van der Waals surface area (Å²) in [6.07, 6.45) is 0. The number of rotatable bonds is 2. The Kier molecular flexibility index (Phi) is 2.33. The summed E-state index contributed by atoms with van der Waals surface area (Å²) in [4.78, 5) is 0. The summed E-state index contributed by atoms with van der Waals surface area (Å²) < 4.78 is 9.99. The summed E-state index contributed by atoms with van der Waals surface area (Å²) in [6, 6.07) is 7.53. The van der Waals surface area contributed by atoms with Crippen molar-refractivity contribution in [3.05, 3.63) is 29.8 Å². The van der Waals surface area contributed by atoms with Crippen LogP contribution in [0.3, 0.4) is 0 Å². The second-order valence-electron chi connectivity index (χ2n) is 3.35. The molecule has 0 bridgehead atoms. The van der Waals surface area contributed by atoms with Crippen LogP contribution >= 0.6 is 0 Å². The van der Waals surface area contributed by atoms with E-state index >= 15 is 0 Å². The highest BCUT2D eigenvalue weighted by molar-refractivity contribution is 5.64. The van der Waals surface area contributed by atoms with Crippen LogP contribution in [0, 0.1) is 6.92 Å². The number of nitrogens with zero attached hydrogens (tertiary/aromatic N) is 1. The summed E-state index contributed by atoms with van der Waals surface area (Å²) in [5.74, 6) is 1.11. The summed E-state index contributed by atoms with van der Waals surface area (Å²) in [5, 5.41) is 3.85. The molecule has 1 heterocycles. The Morgan fingerprint density at radius 2 is 2.07 bits per heavy atom. The van der Waals surface area contributed by atoms with Crippen molar-refractivity contribution < 1.29 is 9.26 Å². The van der Waals surface area contributed by atoms with Gasteiger partial charge in [-0.1, -0.05) is 5.16 Å². The highest BCUT2D eigenvalue weighted by Crippen LogP contribution is 2.25. The third-order valence-corrected chi connectivity index (χ3v) is 2.11. The molecule has 2 aromatic rings. The van der Waals surface area contributed by atoms with E-state index < -0.39 is 0 Å². The molecule has 2 N–H and O–H groups in total. The maximum Gasteiger partial charge on any atom is 0.222 e. The Morgan fingerprint density at radius 3 is 2.67 bits per heavy atom. The van der Waals surface area contributed by atoms with Crippen molar-refractivity contribution in [3.63, 3.8) is 0 Å². The van der Waals surface area contributed by atoms with Gasteiger partial charge in [0.25, 0.3) is 0 Å². The molecule has 1 aromatic heterocycles. The van der Waals surface area contributed by atoms with Gasteiger partial charge in [-0.15, -0.1) is 0 Å². The van der Waals surface area contributed by atoms with Gasteiger partial charge in [0.05, 0.1) is 7.11 Å². The number of aromatic nitrogens is 1. The fourth-order valence-electron chi connectivity index (χ4n) is 1.44. The van der Waals surface area contributed by atoms with Crippen LogP contribution in [-0.2, 0) is 0 Å². The van der Waals surface area contributed by atoms with E-state index in [4.69, 9.17) is 15.0 Å². The molecule has 15 heavy (non-hydrogen) atoms. The normalized spacial score (nSPS) is 10.3. The van der Waals surface area contributed by atoms with E-state index in [1.54, 1.807) is 13.2 Å². The van der Waals surface area contributed by atoms with Crippen LogP contribution in [0.5, 0.6) is 5.75 Å². The lowest BCUT2D eigenvalue weighted by atomic mass is 10.1. The van der Waals surface area contributed by atoms with Crippen LogP contribution in [-0.4, -0.2) is 12.3 Å². The van der Waals surface area contributed by atoms with Gasteiger partial charge >= 0.3 is 0 Å². The quantitative estimate of drug-likeness (QED) is 0.814. The minimum Gasteiger partial charge on any atom is -0.497 e. The minimum atomic E-state index is 0.311. The van der Waals surface area contributed by atoms with Crippen molar-refractivity contribution in [2.75, 3.05) is 12.8 Å². The lowest BCUT2D eigenvalue weighted by Gasteiger charge is -2.03. The van der Waals surface area contributed by atoms with E-state index in [0.29, 0.717) is 5.88 Å². The predicted molar refractivity (Wildman–Crippen MR) is 57.6 cm³/mol. The van der Waals surface area contributed by atoms with Crippen LogP contribution in [0.1, 0.15) is 5.56 Å². The van der Waals surface area contributed by atoms with E-state index in [0.717, 1.165) is 22.6 Å². The second kappa shape index (κ2) is 3.65. The van der Waals surface area contributed by atoms with Gasteiger partial charge in [-0.3, -0.25) is 0 Å². The first kappa shape index (κ1) is 9.58. The minimum absolute atomic E-state index is 0.311. The zero-order valence-corrected chi connectivity index (χ0v) is 8.65. The molecule has 2 rings (SSSR count). The van der Waals surface area contributed by atoms with Gasteiger partial charge in [-0.25, -0.2) is 0 Å². The maximum absolute atomic E-state index is 5.46. The Bertz CT molecular complexity index is 477. The van der Waals surface area contributed by atoms with E-state index in [1.807, 2.05) is 25.1 Å². The smallest absolute Gasteiger partial charge is 0.222 e. The summed E-state index contributed by atoms with van der Waals surface area (Å²) in [7, 11) is 1.63. The van der Waals surface area contributed by atoms with Gasteiger partial charge in [0.1, 0.15) is 11.4 Å². The van der Waals surface area contributed by atoms with Crippen LogP contribution in [0.4, 0.5) is 5.88 Å². The number of benzene rings is 1.